The largest absolute Gasteiger partial charge is 0.482 e. The third-order valence-electron chi connectivity index (χ3n) is 5.74. The molecule has 1 N–H and O–H groups in total. The van der Waals surface area contributed by atoms with Crippen molar-refractivity contribution in [2.24, 2.45) is 0 Å². The Kier molecular flexibility index (Phi) is 6.64. The molecule has 0 aliphatic carbocycles. The van der Waals surface area contributed by atoms with Gasteiger partial charge in [0.15, 0.2) is 6.61 Å². The van der Waals surface area contributed by atoms with Crippen LogP contribution in [0.2, 0.25) is 0 Å². The molecule has 182 valence electrons. The van der Waals surface area contributed by atoms with E-state index in [1.807, 2.05) is 0 Å². The molecule has 2 aromatic carbocycles. The second-order valence-electron chi connectivity index (χ2n) is 8.01. The lowest BCUT2D eigenvalue weighted by molar-refractivity contribution is -0.121. The lowest BCUT2D eigenvalue weighted by Crippen LogP contribution is -2.40. The zero-order valence-corrected chi connectivity index (χ0v) is 20.9. The maximum Gasteiger partial charge on any atom is 0.265 e. The highest BCUT2D eigenvalue weighted by Crippen LogP contribution is 2.36. The van der Waals surface area contributed by atoms with Crippen molar-refractivity contribution >= 4 is 61.9 Å². The van der Waals surface area contributed by atoms with E-state index in [4.69, 9.17) is 21.7 Å². The van der Waals surface area contributed by atoms with E-state index in [0.717, 1.165) is 11.1 Å². The van der Waals surface area contributed by atoms with E-state index < -0.39 is 10.0 Å². The molecule has 3 aliphatic heterocycles. The van der Waals surface area contributed by atoms with Crippen LogP contribution in [0.1, 0.15) is 11.1 Å². The quantitative estimate of drug-likeness (QED) is 0.462. The van der Waals surface area contributed by atoms with Gasteiger partial charge in [-0.3, -0.25) is 9.59 Å². The molecular weight excluding hydrogens is 510 g/mol. The smallest absolute Gasteiger partial charge is 0.265 e. The summed E-state index contributed by atoms with van der Waals surface area (Å²) in [6.45, 7) is 1.56. The van der Waals surface area contributed by atoms with Crippen molar-refractivity contribution < 1.29 is 27.5 Å². The predicted molar refractivity (Wildman–Crippen MR) is 135 cm³/mol. The van der Waals surface area contributed by atoms with E-state index in [-0.39, 0.29) is 29.9 Å². The first-order chi connectivity index (χ1) is 16.8. The molecule has 2 fully saturated rings. The Labute approximate surface area is 212 Å². The molecule has 2 saturated heterocycles. The number of hydrogen-bond acceptors (Lipinski definition) is 8. The standard InChI is InChI=1S/C23H21N3O6S3/c27-21-14-32-19-6-3-16(12-20-22(28)24-23(33)34-20)11-18(19)26(21)13-15-1-4-17(5-2-15)35(29,30)25-7-9-31-10-8-25/h1-6,11-12H,7-10,13-14H2,(H,24,28,33)/b20-12+. The lowest BCUT2D eigenvalue weighted by Gasteiger charge is -2.30. The average molecular weight is 532 g/mol. The van der Waals surface area contributed by atoms with E-state index in [9.17, 15) is 18.0 Å². The van der Waals surface area contributed by atoms with Gasteiger partial charge in [-0.25, -0.2) is 8.42 Å². The van der Waals surface area contributed by atoms with Crippen LogP contribution in [-0.2, 0) is 30.9 Å². The van der Waals surface area contributed by atoms with E-state index in [1.54, 1.807) is 53.4 Å². The number of ether oxygens (including phenoxy) is 2. The number of fused-ring (bicyclic) bond motifs is 1. The highest BCUT2D eigenvalue weighted by Gasteiger charge is 2.28. The van der Waals surface area contributed by atoms with Crippen molar-refractivity contribution in [3.05, 3.63) is 58.5 Å². The fourth-order valence-electron chi connectivity index (χ4n) is 3.94. The van der Waals surface area contributed by atoms with Crippen LogP contribution in [0.3, 0.4) is 0 Å². The first-order valence-electron chi connectivity index (χ1n) is 10.8. The highest BCUT2D eigenvalue weighted by molar-refractivity contribution is 8.26. The summed E-state index contributed by atoms with van der Waals surface area (Å²) in [7, 11) is -3.59. The van der Waals surface area contributed by atoms with E-state index in [1.165, 1.54) is 16.1 Å². The van der Waals surface area contributed by atoms with Crippen molar-refractivity contribution in [3.63, 3.8) is 0 Å². The van der Waals surface area contributed by atoms with Gasteiger partial charge in [0.2, 0.25) is 10.0 Å². The summed E-state index contributed by atoms with van der Waals surface area (Å²) in [5.74, 6) is 0.0767. The van der Waals surface area contributed by atoms with E-state index in [0.29, 0.717) is 47.0 Å². The number of hydrogen-bond donors (Lipinski definition) is 1. The number of amides is 2. The molecule has 0 unspecified atom stereocenters. The van der Waals surface area contributed by atoms with Crippen molar-refractivity contribution in [1.82, 2.24) is 9.62 Å². The lowest BCUT2D eigenvalue weighted by atomic mass is 10.1. The topological polar surface area (TPSA) is 105 Å². The third kappa shape index (κ3) is 4.98. The van der Waals surface area contributed by atoms with Crippen LogP contribution < -0.4 is 15.0 Å². The van der Waals surface area contributed by atoms with Crippen LogP contribution in [0, 0.1) is 0 Å². The van der Waals surface area contributed by atoms with Crippen LogP contribution in [-0.4, -0.2) is 61.8 Å². The number of nitrogens with zero attached hydrogens (tertiary/aromatic N) is 2. The van der Waals surface area contributed by atoms with Gasteiger partial charge in [-0.05, 0) is 41.5 Å². The molecule has 0 radical (unpaired) electrons. The molecule has 3 aliphatic rings. The maximum atomic E-state index is 12.9. The highest BCUT2D eigenvalue weighted by atomic mass is 32.2. The Morgan fingerprint density at radius 3 is 2.51 bits per heavy atom. The van der Waals surface area contributed by atoms with Gasteiger partial charge >= 0.3 is 0 Å². The van der Waals surface area contributed by atoms with Gasteiger partial charge < -0.3 is 19.7 Å². The molecule has 2 amide bonds. The van der Waals surface area contributed by atoms with Gasteiger partial charge in [0, 0.05) is 13.1 Å². The van der Waals surface area contributed by atoms with Crippen LogP contribution in [0.5, 0.6) is 5.75 Å². The molecule has 0 spiro atoms. The fraction of sp³-hybridized carbons (Fsp3) is 0.261. The number of carbonyl (C=O) groups excluding carboxylic acids is 2. The monoisotopic (exact) mass is 531 g/mol. The minimum atomic E-state index is -3.59. The summed E-state index contributed by atoms with van der Waals surface area (Å²) in [5, 5.41) is 2.58. The molecular formula is C23H21N3O6S3. The van der Waals surface area contributed by atoms with Crippen LogP contribution in [0.15, 0.2) is 52.3 Å². The molecule has 0 aromatic heterocycles. The zero-order valence-electron chi connectivity index (χ0n) is 18.4. The Morgan fingerprint density at radius 2 is 1.83 bits per heavy atom. The average Bonchev–Trinajstić information content (AvgIpc) is 3.18. The molecule has 3 heterocycles. The van der Waals surface area contributed by atoms with Crippen LogP contribution in [0.4, 0.5) is 5.69 Å². The number of rotatable bonds is 5. The van der Waals surface area contributed by atoms with Crippen molar-refractivity contribution in [2.75, 3.05) is 37.8 Å². The molecule has 35 heavy (non-hydrogen) atoms. The number of morpholine rings is 1. The second-order valence-corrected chi connectivity index (χ2v) is 11.7. The minimum Gasteiger partial charge on any atom is -0.482 e. The second kappa shape index (κ2) is 9.70. The summed E-state index contributed by atoms with van der Waals surface area (Å²) < 4.78 is 38.4. The summed E-state index contributed by atoms with van der Waals surface area (Å²) in [5.41, 5.74) is 2.07. The van der Waals surface area contributed by atoms with Crippen molar-refractivity contribution in [3.8, 4) is 5.75 Å². The number of sulfonamides is 1. The van der Waals surface area contributed by atoms with E-state index >= 15 is 0 Å². The van der Waals surface area contributed by atoms with Crippen molar-refractivity contribution in [2.45, 2.75) is 11.4 Å². The Bertz CT molecular complexity index is 1330. The summed E-state index contributed by atoms with van der Waals surface area (Å²) in [6.07, 6.45) is 1.71. The summed E-state index contributed by atoms with van der Waals surface area (Å²) in [6, 6.07) is 11.9. The van der Waals surface area contributed by atoms with Gasteiger partial charge in [-0.2, -0.15) is 4.31 Å². The van der Waals surface area contributed by atoms with Crippen LogP contribution >= 0.6 is 24.0 Å². The minimum absolute atomic E-state index is 0.0938. The Morgan fingerprint density at radius 1 is 1.09 bits per heavy atom. The first-order valence-corrected chi connectivity index (χ1v) is 13.5. The maximum absolute atomic E-state index is 12.9. The molecule has 0 atom stereocenters. The van der Waals surface area contributed by atoms with Crippen molar-refractivity contribution in [1.29, 1.82) is 0 Å². The molecule has 2 aromatic rings. The number of anilines is 1. The number of thiocarbonyl (C=S) groups is 1. The van der Waals surface area contributed by atoms with Crippen LogP contribution in [0.25, 0.3) is 6.08 Å². The van der Waals surface area contributed by atoms with Gasteiger partial charge in [0.25, 0.3) is 11.8 Å². The number of benzene rings is 2. The third-order valence-corrected chi connectivity index (χ3v) is 8.81. The van der Waals surface area contributed by atoms with Gasteiger partial charge in [-0.15, -0.1) is 0 Å². The zero-order chi connectivity index (χ0) is 24.6. The first kappa shape index (κ1) is 23.9. The summed E-state index contributed by atoms with van der Waals surface area (Å²) in [4.78, 5) is 27.0. The SMILES string of the molecule is O=C1NC(=S)S/C1=C/c1ccc2c(c1)N(Cc1ccc(S(=O)(=O)N3CCOCC3)cc1)C(=O)CO2. The summed E-state index contributed by atoms with van der Waals surface area (Å²) >= 11 is 6.22. The molecule has 0 bridgehead atoms. The Balaban J connectivity index is 1.38. The number of thioether (sulfide) groups is 1. The molecule has 0 saturated carbocycles. The van der Waals surface area contributed by atoms with Gasteiger partial charge in [0.1, 0.15) is 10.1 Å². The number of carbonyl (C=O) groups is 2. The fourth-order valence-corrected chi connectivity index (χ4v) is 6.39. The normalized spacial score (nSPS) is 20.1. The molecule has 12 heteroatoms. The Hall–Kier alpha value is -2.77. The number of nitrogens with one attached hydrogen (secondary N) is 1. The molecule has 9 nitrogen and oxygen atoms in total. The van der Waals surface area contributed by atoms with E-state index in [2.05, 4.69) is 5.32 Å². The predicted octanol–water partition coefficient (Wildman–Crippen LogP) is 2.12. The van der Waals surface area contributed by atoms with Gasteiger partial charge in [-0.1, -0.05) is 42.2 Å². The molecule has 5 rings (SSSR count). The van der Waals surface area contributed by atoms with Gasteiger partial charge in [0.05, 0.1) is 35.2 Å².